The first kappa shape index (κ1) is 14.8. The van der Waals surface area contributed by atoms with E-state index in [4.69, 9.17) is 0 Å². The lowest BCUT2D eigenvalue weighted by Gasteiger charge is -2.27. The second kappa shape index (κ2) is 6.60. The van der Waals surface area contributed by atoms with Crippen molar-refractivity contribution < 1.29 is 4.79 Å². The van der Waals surface area contributed by atoms with Crippen molar-refractivity contribution in [1.29, 1.82) is 0 Å². The fourth-order valence-corrected chi connectivity index (χ4v) is 2.81. The van der Waals surface area contributed by atoms with Crippen LogP contribution in [0.5, 0.6) is 0 Å². The topological polar surface area (TPSA) is 32.3 Å². The molecule has 2 fully saturated rings. The maximum Gasteiger partial charge on any atom is 0.239 e. The lowest BCUT2D eigenvalue weighted by Crippen LogP contribution is -2.47. The van der Waals surface area contributed by atoms with Crippen LogP contribution in [0.3, 0.4) is 0 Å². The Hall–Kier alpha value is -0.280. The zero-order chi connectivity index (χ0) is 11.5. The van der Waals surface area contributed by atoms with Gasteiger partial charge < -0.3 is 10.2 Å². The number of hydrogen-bond donors (Lipinski definition) is 1. The summed E-state index contributed by atoms with van der Waals surface area (Å²) in [7, 11) is 0. The molecule has 3 nitrogen and oxygen atoms in total. The van der Waals surface area contributed by atoms with Crippen molar-refractivity contribution in [2.45, 2.75) is 45.6 Å². The van der Waals surface area contributed by atoms with Gasteiger partial charge in [0, 0.05) is 13.1 Å². The summed E-state index contributed by atoms with van der Waals surface area (Å²) < 4.78 is 0. The van der Waals surface area contributed by atoms with Crippen LogP contribution in [0.2, 0.25) is 0 Å². The molecule has 0 bridgehead atoms. The van der Waals surface area contributed by atoms with E-state index in [1.807, 2.05) is 0 Å². The Balaban J connectivity index is 0.00000144. The van der Waals surface area contributed by atoms with Crippen LogP contribution in [-0.4, -0.2) is 36.5 Å². The Morgan fingerprint density at radius 1 is 1.29 bits per heavy atom. The number of likely N-dealkylation sites (tertiary alicyclic amines) is 1. The van der Waals surface area contributed by atoms with E-state index in [0.29, 0.717) is 17.7 Å². The number of carbonyl (C=O) groups is 1. The maximum absolute atomic E-state index is 12.2. The molecule has 1 amide bonds. The van der Waals surface area contributed by atoms with Gasteiger partial charge in [-0.1, -0.05) is 20.3 Å². The van der Waals surface area contributed by atoms with Gasteiger partial charge >= 0.3 is 0 Å². The van der Waals surface area contributed by atoms with Gasteiger partial charge in [0.15, 0.2) is 0 Å². The number of halogens is 1. The molecule has 2 saturated heterocycles. The predicted molar refractivity (Wildman–Crippen MR) is 72.4 cm³/mol. The van der Waals surface area contributed by atoms with Crippen molar-refractivity contribution in [3.8, 4) is 0 Å². The standard InChI is InChI=1S/C13H24N2O.ClH/c1-10(2)11-6-8-15(9-11)13(16)12-5-3-4-7-14-12;/h10-12,14H,3-9H2,1-2H3;1H/t11?,12-;/m0./s1. The molecule has 0 aromatic carbocycles. The zero-order valence-corrected chi connectivity index (χ0v) is 11.8. The van der Waals surface area contributed by atoms with Gasteiger partial charge in [0.2, 0.25) is 5.91 Å². The van der Waals surface area contributed by atoms with E-state index in [-0.39, 0.29) is 18.4 Å². The summed E-state index contributed by atoms with van der Waals surface area (Å²) in [5.41, 5.74) is 0. The number of hydrogen-bond acceptors (Lipinski definition) is 2. The first-order chi connectivity index (χ1) is 7.68. The van der Waals surface area contributed by atoms with Crippen molar-refractivity contribution in [3.63, 3.8) is 0 Å². The minimum absolute atomic E-state index is 0. The molecule has 100 valence electrons. The Labute approximate surface area is 111 Å². The molecule has 1 N–H and O–H groups in total. The summed E-state index contributed by atoms with van der Waals surface area (Å²) in [5.74, 6) is 1.77. The van der Waals surface area contributed by atoms with E-state index in [9.17, 15) is 4.79 Å². The van der Waals surface area contributed by atoms with Crippen LogP contribution in [0.1, 0.15) is 39.5 Å². The minimum Gasteiger partial charge on any atom is -0.341 e. The molecule has 0 aromatic heterocycles. The average molecular weight is 261 g/mol. The summed E-state index contributed by atoms with van der Waals surface area (Å²) >= 11 is 0. The van der Waals surface area contributed by atoms with Crippen molar-refractivity contribution in [3.05, 3.63) is 0 Å². The van der Waals surface area contributed by atoms with Crippen LogP contribution in [-0.2, 0) is 4.79 Å². The summed E-state index contributed by atoms with van der Waals surface area (Å²) in [4.78, 5) is 14.3. The normalized spacial score (nSPS) is 29.2. The van der Waals surface area contributed by atoms with E-state index in [1.54, 1.807) is 0 Å². The van der Waals surface area contributed by atoms with Crippen molar-refractivity contribution in [1.82, 2.24) is 10.2 Å². The fraction of sp³-hybridized carbons (Fsp3) is 0.923. The van der Waals surface area contributed by atoms with E-state index in [0.717, 1.165) is 26.1 Å². The van der Waals surface area contributed by atoms with Crippen LogP contribution in [0.25, 0.3) is 0 Å². The number of nitrogens with one attached hydrogen (secondary N) is 1. The highest BCUT2D eigenvalue weighted by Gasteiger charge is 2.32. The summed E-state index contributed by atoms with van der Waals surface area (Å²) in [6, 6.07) is 0.111. The van der Waals surface area contributed by atoms with Crippen molar-refractivity contribution in [2.24, 2.45) is 11.8 Å². The first-order valence-electron chi connectivity index (χ1n) is 6.70. The van der Waals surface area contributed by atoms with Gasteiger partial charge in [-0.25, -0.2) is 0 Å². The van der Waals surface area contributed by atoms with E-state index >= 15 is 0 Å². The Morgan fingerprint density at radius 3 is 2.59 bits per heavy atom. The second-order valence-electron chi connectivity index (χ2n) is 5.58. The number of carbonyl (C=O) groups excluding carboxylic acids is 1. The highest BCUT2D eigenvalue weighted by molar-refractivity contribution is 5.85. The van der Waals surface area contributed by atoms with Gasteiger partial charge in [-0.3, -0.25) is 4.79 Å². The third kappa shape index (κ3) is 3.59. The van der Waals surface area contributed by atoms with Gasteiger partial charge in [0.05, 0.1) is 6.04 Å². The molecule has 0 aromatic rings. The van der Waals surface area contributed by atoms with E-state index < -0.39 is 0 Å². The monoisotopic (exact) mass is 260 g/mol. The van der Waals surface area contributed by atoms with Crippen molar-refractivity contribution >= 4 is 18.3 Å². The SMILES string of the molecule is CC(C)C1CCN(C(=O)[C@@H]2CCCCN2)C1.Cl. The smallest absolute Gasteiger partial charge is 0.239 e. The molecule has 2 aliphatic heterocycles. The molecule has 0 saturated carbocycles. The summed E-state index contributed by atoms with van der Waals surface area (Å²) in [6.07, 6.45) is 4.64. The van der Waals surface area contributed by atoms with Gasteiger partial charge in [-0.05, 0) is 37.6 Å². The average Bonchev–Trinajstić information content (AvgIpc) is 2.78. The fourth-order valence-electron chi connectivity index (χ4n) is 2.81. The molecule has 0 radical (unpaired) electrons. The molecule has 17 heavy (non-hydrogen) atoms. The van der Waals surface area contributed by atoms with Crippen LogP contribution < -0.4 is 5.32 Å². The quantitative estimate of drug-likeness (QED) is 0.824. The first-order valence-corrected chi connectivity index (χ1v) is 6.70. The number of piperidine rings is 1. The molecule has 2 heterocycles. The Morgan fingerprint density at radius 2 is 2.06 bits per heavy atom. The van der Waals surface area contributed by atoms with Gasteiger partial charge in [0.1, 0.15) is 0 Å². The second-order valence-corrected chi connectivity index (χ2v) is 5.58. The Bertz CT molecular complexity index is 252. The van der Waals surface area contributed by atoms with Gasteiger partial charge in [-0.2, -0.15) is 0 Å². The number of rotatable bonds is 2. The molecule has 2 aliphatic rings. The van der Waals surface area contributed by atoms with Gasteiger partial charge in [-0.15, -0.1) is 12.4 Å². The largest absolute Gasteiger partial charge is 0.341 e. The molecular weight excluding hydrogens is 236 g/mol. The van der Waals surface area contributed by atoms with E-state index in [1.165, 1.54) is 19.3 Å². The van der Waals surface area contributed by atoms with Crippen LogP contribution in [0.15, 0.2) is 0 Å². The molecule has 2 rings (SSSR count). The molecule has 0 spiro atoms. The highest BCUT2D eigenvalue weighted by atomic mass is 35.5. The van der Waals surface area contributed by atoms with Gasteiger partial charge in [0.25, 0.3) is 0 Å². The van der Waals surface area contributed by atoms with E-state index in [2.05, 4.69) is 24.1 Å². The molecule has 4 heteroatoms. The summed E-state index contributed by atoms with van der Waals surface area (Å²) in [5, 5.41) is 3.35. The van der Waals surface area contributed by atoms with Crippen LogP contribution in [0.4, 0.5) is 0 Å². The van der Waals surface area contributed by atoms with Crippen LogP contribution in [0, 0.1) is 11.8 Å². The molecule has 2 atom stereocenters. The molecular formula is C13H25ClN2O. The molecule has 0 aliphatic carbocycles. The number of nitrogens with zero attached hydrogens (tertiary/aromatic N) is 1. The van der Waals surface area contributed by atoms with Crippen LogP contribution >= 0.6 is 12.4 Å². The third-order valence-corrected chi connectivity index (χ3v) is 4.09. The lowest BCUT2D eigenvalue weighted by molar-refractivity contribution is -0.133. The highest BCUT2D eigenvalue weighted by Crippen LogP contribution is 2.24. The zero-order valence-electron chi connectivity index (χ0n) is 10.9. The Kier molecular flexibility index (Phi) is 5.74. The maximum atomic E-state index is 12.2. The summed E-state index contributed by atoms with van der Waals surface area (Å²) in [6.45, 7) is 7.49. The minimum atomic E-state index is 0. The van der Waals surface area contributed by atoms with Crippen molar-refractivity contribution in [2.75, 3.05) is 19.6 Å². The number of amides is 1. The third-order valence-electron chi connectivity index (χ3n) is 4.09. The molecule has 1 unspecified atom stereocenters. The lowest BCUT2D eigenvalue weighted by atomic mass is 9.95. The predicted octanol–water partition coefficient (Wildman–Crippen LogP) is 2.05.